The smallest absolute Gasteiger partial charge is 0.232 e. The van der Waals surface area contributed by atoms with Gasteiger partial charge in [0.1, 0.15) is 5.82 Å². The van der Waals surface area contributed by atoms with Crippen LogP contribution in [0.3, 0.4) is 0 Å². The molecular formula is C35H31FN4O2. The van der Waals surface area contributed by atoms with Crippen LogP contribution >= 0.6 is 0 Å². The molecule has 2 fully saturated rings. The topological polar surface area (TPSA) is 67.2 Å². The Kier molecular flexibility index (Phi) is 6.78. The number of carbonyl (C=O) groups excluding carboxylic acids is 2. The molecule has 5 aromatic rings. The van der Waals surface area contributed by atoms with Crippen molar-refractivity contribution >= 4 is 28.4 Å². The highest BCUT2D eigenvalue weighted by atomic mass is 19.1. The first-order valence-electron chi connectivity index (χ1n) is 14.5. The molecule has 7 heteroatoms. The van der Waals surface area contributed by atoms with Crippen molar-refractivity contribution in [3.63, 3.8) is 0 Å². The number of nitrogens with zero attached hydrogens (tertiary/aromatic N) is 3. The number of aryl methyl sites for hydroxylation is 1. The number of amides is 2. The Morgan fingerprint density at radius 3 is 2.29 bits per heavy atom. The molecule has 2 amide bonds. The van der Waals surface area contributed by atoms with Gasteiger partial charge >= 0.3 is 0 Å². The van der Waals surface area contributed by atoms with Gasteiger partial charge in [0.05, 0.1) is 35.4 Å². The third-order valence-electron chi connectivity index (χ3n) is 8.49. The first-order chi connectivity index (χ1) is 20.6. The molecule has 3 atom stereocenters. The van der Waals surface area contributed by atoms with E-state index < -0.39 is 0 Å². The zero-order valence-corrected chi connectivity index (χ0v) is 23.1. The Morgan fingerprint density at radius 1 is 0.881 bits per heavy atom. The van der Waals surface area contributed by atoms with Crippen molar-refractivity contribution in [2.45, 2.75) is 37.8 Å². The average Bonchev–Trinajstić information content (AvgIpc) is 3.74. The van der Waals surface area contributed by atoms with Crippen molar-refractivity contribution < 1.29 is 14.0 Å². The molecular weight excluding hydrogens is 527 g/mol. The van der Waals surface area contributed by atoms with Crippen LogP contribution in [0.4, 0.5) is 10.1 Å². The van der Waals surface area contributed by atoms with Gasteiger partial charge in [-0.1, -0.05) is 60.7 Å². The standard InChI is InChI=1S/C35H31FN4O2/c36-27-14-16-28(17-15-27)40-31-20-18-29(21-26(31)22-37-40)39-33(24-9-5-2-6-10-24)32(38-34(41)25-12-13-25)30(35(39)42)19-11-23-7-3-1-4-8-23/h1-10,14-18,20-22,25,30,32-33H,11-13,19H2,(H,38,41)/t30-,32-,33+/m0/s1. The van der Waals surface area contributed by atoms with Crippen molar-refractivity contribution in [3.8, 4) is 5.69 Å². The van der Waals surface area contributed by atoms with E-state index in [1.54, 1.807) is 23.0 Å². The summed E-state index contributed by atoms with van der Waals surface area (Å²) in [6.45, 7) is 0. The van der Waals surface area contributed by atoms with E-state index in [2.05, 4.69) is 22.5 Å². The zero-order valence-electron chi connectivity index (χ0n) is 23.1. The summed E-state index contributed by atoms with van der Waals surface area (Å²) in [4.78, 5) is 29.4. The van der Waals surface area contributed by atoms with Gasteiger partial charge in [0.2, 0.25) is 11.8 Å². The lowest BCUT2D eigenvalue weighted by atomic mass is 9.89. The fraction of sp³-hybridized carbons (Fsp3) is 0.229. The summed E-state index contributed by atoms with van der Waals surface area (Å²) in [5.74, 6) is -0.602. The molecule has 4 aromatic carbocycles. The summed E-state index contributed by atoms with van der Waals surface area (Å²) in [5.41, 5.74) is 4.51. The Labute approximate surface area is 243 Å². The van der Waals surface area contributed by atoms with E-state index in [1.807, 2.05) is 71.6 Å². The summed E-state index contributed by atoms with van der Waals surface area (Å²) >= 11 is 0. The van der Waals surface area contributed by atoms with Crippen molar-refractivity contribution in [1.29, 1.82) is 0 Å². The second kappa shape index (κ2) is 10.9. The van der Waals surface area contributed by atoms with Crippen LogP contribution in [0.2, 0.25) is 0 Å². The largest absolute Gasteiger partial charge is 0.350 e. The molecule has 1 saturated heterocycles. The summed E-state index contributed by atoms with van der Waals surface area (Å²) in [7, 11) is 0. The second-order valence-corrected chi connectivity index (χ2v) is 11.3. The van der Waals surface area contributed by atoms with Crippen LogP contribution in [0.1, 0.15) is 36.4 Å². The maximum absolute atomic E-state index is 14.4. The summed E-state index contributed by atoms with van der Waals surface area (Å²) in [6, 6.07) is 31.5. The van der Waals surface area contributed by atoms with Crippen LogP contribution < -0.4 is 10.2 Å². The van der Waals surface area contributed by atoms with Crippen molar-refractivity contribution in [2.75, 3.05) is 4.90 Å². The van der Waals surface area contributed by atoms with Crippen LogP contribution in [0.5, 0.6) is 0 Å². The number of carbonyl (C=O) groups is 2. The third-order valence-corrected chi connectivity index (χ3v) is 8.49. The van der Waals surface area contributed by atoms with Crippen LogP contribution in [-0.4, -0.2) is 27.6 Å². The first kappa shape index (κ1) is 26.1. The van der Waals surface area contributed by atoms with Crippen LogP contribution in [0.15, 0.2) is 109 Å². The lowest BCUT2D eigenvalue weighted by Gasteiger charge is -2.30. The third kappa shape index (κ3) is 4.96. The quantitative estimate of drug-likeness (QED) is 0.240. The number of anilines is 1. The Bertz CT molecular complexity index is 1730. The van der Waals surface area contributed by atoms with Crippen molar-refractivity contribution in [2.24, 2.45) is 11.8 Å². The summed E-state index contributed by atoms with van der Waals surface area (Å²) < 4.78 is 15.3. The molecule has 0 radical (unpaired) electrons. The number of fused-ring (bicyclic) bond motifs is 1. The van der Waals surface area contributed by atoms with Crippen LogP contribution in [-0.2, 0) is 16.0 Å². The molecule has 0 bridgehead atoms. The van der Waals surface area contributed by atoms with Gasteiger partial charge in [0, 0.05) is 17.0 Å². The van der Waals surface area contributed by atoms with Gasteiger partial charge in [0.25, 0.3) is 0 Å². The lowest BCUT2D eigenvalue weighted by molar-refractivity contribution is -0.124. The Hall–Kier alpha value is -4.78. The van der Waals surface area contributed by atoms with Gasteiger partial charge < -0.3 is 10.2 Å². The predicted octanol–water partition coefficient (Wildman–Crippen LogP) is 6.40. The van der Waals surface area contributed by atoms with Crippen molar-refractivity contribution in [1.82, 2.24) is 15.1 Å². The Balaban J connectivity index is 1.28. The highest BCUT2D eigenvalue weighted by Crippen LogP contribution is 2.43. The molecule has 1 aliphatic heterocycles. The Morgan fingerprint density at radius 2 is 1.57 bits per heavy atom. The molecule has 1 N–H and O–H groups in total. The minimum atomic E-state index is -0.379. The zero-order chi connectivity index (χ0) is 28.6. The van der Waals surface area contributed by atoms with Gasteiger partial charge in [-0.05, 0) is 79.3 Å². The van der Waals surface area contributed by atoms with E-state index in [0.717, 1.165) is 47.1 Å². The van der Waals surface area contributed by atoms with E-state index in [-0.39, 0.29) is 41.6 Å². The van der Waals surface area contributed by atoms with Crippen LogP contribution in [0, 0.1) is 17.7 Å². The van der Waals surface area contributed by atoms with Crippen molar-refractivity contribution in [3.05, 3.63) is 126 Å². The highest BCUT2D eigenvalue weighted by Gasteiger charge is 2.50. The molecule has 1 aliphatic carbocycles. The SMILES string of the molecule is O=C(N[C@H]1[C@H](CCc2ccccc2)C(=O)N(c2ccc3c(cnn3-c3ccc(F)cc3)c2)[C@@H]1c1ccccc1)C1CC1. The first-order valence-corrected chi connectivity index (χ1v) is 14.5. The number of hydrogen-bond acceptors (Lipinski definition) is 3. The van der Waals surface area contributed by atoms with E-state index in [4.69, 9.17) is 0 Å². The fourth-order valence-electron chi connectivity index (χ4n) is 6.18. The number of halogens is 1. The van der Waals surface area contributed by atoms with Gasteiger partial charge in [-0.15, -0.1) is 0 Å². The van der Waals surface area contributed by atoms with Gasteiger partial charge in [-0.2, -0.15) is 5.10 Å². The molecule has 210 valence electrons. The highest BCUT2D eigenvalue weighted by molar-refractivity contribution is 6.01. The average molecular weight is 559 g/mol. The lowest BCUT2D eigenvalue weighted by Crippen LogP contribution is -2.43. The van der Waals surface area contributed by atoms with Gasteiger partial charge in [-0.3, -0.25) is 9.59 Å². The maximum atomic E-state index is 14.4. The monoisotopic (exact) mass is 558 g/mol. The number of aromatic nitrogens is 2. The van der Waals surface area contributed by atoms with Crippen LogP contribution in [0.25, 0.3) is 16.6 Å². The molecule has 0 unspecified atom stereocenters. The number of nitrogens with one attached hydrogen (secondary N) is 1. The van der Waals surface area contributed by atoms with E-state index in [9.17, 15) is 14.0 Å². The molecule has 6 nitrogen and oxygen atoms in total. The minimum Gasteiger partial charge on any atom is -0.350 e. The molecule has 42 heavy (non-hydrogen) atoms. The number of rotatable bonds is 8. The molecule has 2 heterocycles. The fourth-order valence-corrected chi connectivity index (χ4v) is 6.18. The molecule has 2 aliphatic rings. The molecule has 1 aromatic heterocycles. The summed E-state index contributed by atoms with van der Waals surface area (Å²) in [6.07, 6.45) is 4.93. The maximum Gasteiger partial charge on any atom is 0.232 e. The van der Waals surface area contributed by atoms with E-state index >= 15 is 0 Å². The predicted molar refractivity (Wildman–Crippen MR) is 161 cm³/mol. The summed E-state index contributed by atoms with van der Waals surface area (Å²) in [5, 5.41) is 8.74. The number of benzene rings is 4. The minimum absolute atomic E-state index is 0.00570. The second-order valence-electron chi connectivity index (χ2n) is 11.3. The molecule has 0 spiro atoms. The normalized spacial score (nSPS) is 20.3. The molecule has 7 rings (SSSR count). The van der Waals surface area contributed by atoms with E-state index in [0.29, 0.717) is 6.42 Å². The number of hydrogen-bond donors (Lipinski definition) is 1. The van der Waals surface area contributed by atoms with E-state index in [1.165, 1.54) is 17.7 Å². The van der Waals surface area contributed by atoms with Gasteiger partial charge in [0.15, 0.2) is 0 Å². The molecule has 1 saturated carbocycles. The van der Waals surface area contributed by atoms with Gasteiger partial charge in [-0.25, -0.2) is 9.07 Å².